The lowest BCUT2D eigenvalue weighted by atomic mass is 9.97. The van der Waals surface area contributed by atoms with Gasteiger partial charge in [-0.25, -0.2) is 4.98 Å². The summed E-state index contributed by atoms with van der Waals surface area (Å²) in [5.41, 5.74) is 1.90. The molecule has 2 rings (SSSR count). The van der Waals surface area contributed by atoms with E-state index in [1.54, 1.807) is 6.20 Å². The Balaban J connectivity index is 2.05. The summed E-state index contributed by atoms with van der Waals surface area (Å²) in [6.45, 7) is 8.12. The van der Waals surface area contributed by atoms with Crippen molar-refractivity contribution in [3.63, 3.8) is 0 Å². The third-order valence-corrected chi connectivity index (χ3v) is 3.20. The highest BCUT2D eigenvalue weighted by atomic mass is 16.5. The predicted molar refractivity (Wildman–Crippen MR) is 62.6 cm³/mol. The van der Waals surface area contributed by atoms with Gasteiger partial charge in [-0.15, -0.1) is 0 Å². The van der Waals surface area contributed by atoms with Crippen molar-refractivity contribution in [1.29, 1.82) is 0 Å². The van der Waals surface area contributed by atoms with Gasteiger partial charge in [0.25, 0.3) is 0 Å². The molecule has 1 aromatic rings. The van der Waals surface area contributed by atoms with E-state index in [1.807, 2.05) is 13.8 Å². The van der Waals surface area contributed by atoms with Crippen LogP contribution in [0.15, 0.2) is 6.20 Å². The van der Waals surface area contributed by atoms with E-state index in [1.165, 1.54) is 0 Å². The van der Waals surface area contributed by atoms with Gasteiger partial charge in [0, 0.05) is 6.54 Å². The Hall–Kier alpha value is -1.16. The molecule has 0 radical (unpaired) electrons. The Kier molecular flexibility index (Phi) is 3.39. The Morgan fingerprint density at radius 1 is 1.38 bits per heavy atom. The van der Waals surface area contributed by atoms with Crippen molar-refractivity contribution >= 4 is 0 Å². The van der Waals surface area contributed by atoms with E-state index in [2.05, 4.69) is 22.2 Å². The second kappa shape index (κ2) is 4.78. The number of rotatable bonds is 2. The highest BCUT2D eigenvalue weighted by Crippen LogP contribution is 2.18. The fraction of sp³-hybridized carbons (Fsp3) is 0.667. The molecule has 0 bridgehead atoms. The van der Waals surface area contributed by atoms with Gasteiger partial charge >= 0.3 is 0 Å². The van der Waals surface area contributed by atoms with Crippen molar-refractivity contribution in [2.45, 2.75) is 33.3 Å². The van der Waals surface area contributed by atoms with Gasteiger partial charge in [0.1, 0.15) is 6.10 Å². The van der Waals surface area contributed by atoms with Gasteiger partial charge in [-0.2, -0.15) is 0 Å². The summed E-state index contributed by atoms with van der Waals surface area (Å²) in [5, 5.41) is 3.34. The number of aromatic nitrogens is 2. The third kappa shape index (κ3) is 2.50. The van der Waals surface area contributed by atoms with E-state index in [9.17, 15) is 0 Å². The second-order valence-corrected chi connectivity index (χ2v) is 4.51. The average Bonchev–Trinajstić information content (AvgIpc) is 2.27. The standard InChI is InChI=1S/C12H19N3O/c1-8-4-5-13-6-11(8)16-12-7-14-9(2)10(3)15-12/h7-8,11,13H,4-6H2,1-3H3. The van der Waals surface area contributed by atoms with Crippen LogP contribution in [0.4, 0.5) is 0 Å². The first kappa shape index (κ1) is 11.3. The van der Waals surface area contributed by atoms with Gasteiger partial charge in [0.15, 0.2) is 0 Å². The van der Waals surface area contributed by atoms with E-state index in [4.69, 9.17) is 4.74 Å². The minimum absolute atomic E-state index is 0.213. The Morgan fingerprint density at radius 2 is 2.19 bits per heavy atom. The van der Waals surface area contributed by atoms with Gasteiger partial charge in [-0.3, -0.25) is 4.98 Å². The topological polar surface area (TPSA) is 47.0 Å². The maximum atomic E-state index is 5.87. The van der Waals surface area contributed by atoms with Gasteiger partial charge in [0.05, 0.1) is 17.6 Å². The Bertz CT molecular complexity index is 367. The van der Waals surface area contributed by atoms with E-state index in [-0.39, 0.29) is 6.10 Å². The summed E-state index contributed by atoms with van der Waals surface area (Å²) in [4.78, 5) is 8.65. The summed E-state index contributed by atoms with van der Waals surface area (Å²) in [6.07, 6.45) is 3.08. The number of hydrogen-bond acceptors (Lipinski definition) is 4. The average molecular weight is 221 g/mol. The zero-order valence-corrected chi connectivity index (χ0v) is 10.2. The number of nitrogens with one attached hydrogen (secondary N) is 1. The Labute approximate surface area is 96.4 Å². The largest absolute Gasteiger partial charge is 0.472 e. The molecule has 1 aromatic heterocycles. The summed E-state index contributed by atoms with van der Waals surface area (Å²) in [7, 11) is 0. The van der Waals surface area contributed by atoms with Crippen LogP contribution in [0.3, 0.4) is 0 Å². The van der Waals surface area contributed by atoms with Crippen LogP contribution in [0.1, 0.15) is 24.7 Å². The first-order chi connectivity index (χ1) is 7.66. The monoisotopic (exact) mass is 221 g/mol. The van der Waals surface area contributed by atoms with Crippen LogP contribution in [0.2, 0.25) is 0 Å². The normalized spacial score (nSPS) is 25.4. The number of aryl methyl sites for hydroxylation is 2. The van der Waals surface area contributed by atoms with Crippen LogP contribution >= 0.6 is 0 Å². The third-order valence-electron chi connectivity index (χ3n) is 3.20. The van der Waals surface area contributed by atoms with Crippen molar-refractivity contribution < 1.29 is 4.74 Å². The number of nitrogens with zero attached hydrogens (tertiary/aromatic N) is 2. The summed E-state index contributed by atoms with van der Waals surface area (Å²) in [6, 6.07) is 0. The van der Waals surface area contributed by atoms with E-state index >= 15 is 0 Å². The van der Waals surface area contributed by atoms with Crippen molar-refractivity contribution in [1.82, 2.24) is 15.3 Å². The fourth-order valence-corrected chi connectivity index (χ4v) is 1.85. The van der Waals surface area contributed by atoms with Crippen LogP contribution in [0, 0.1) is 19.8 Å². The quantitative estimate of drug-likeness (QED) is 0.821. The van der Waals surface area contributed by atoms with Gasteiger partial charge in [-0.05, 0) is 32.7 Å². The van der Waals surface area contributed by atoms with Gasteiger partial charge in [-0.1, -0.05) is 6.92 Å². The van der Waals surface area contributed by atoms with E-state index < -0.39 is 0 Å². The lowest BCUT2D eigenvalue weighted by molar-refractivity contribution is 0.109. The number of ether oxygens (including phenoxy) is 1. The molecule has 1 N–H and O–H groups in total. The van der Waals surface area contributed by atoms with Crippen LogP contribution in [0.5, 0.6) is 5.88 Å². The minimum Gasteiger partial charge on any atom is -0.472 e. The first-order valence-electron chi connectivity index (χ1n) is 5.84. The molecule has 1 aliphatic heterocycles. The molecule has 0 aliphatic carbocycles. The summed E-state index contributed by atoms with van der Waals surface area (Å²) < 4.78 is 5.87. The van der Waals surface area contributed by atoms with Crippen LogP contribution in [-0.4, -0.2) is 29.2 Å². The van der Waals surface area contributed by atoms with Crippen molar-refractivity contribution in [2.75, 3.05) is 13.1 Å². The zero-order valence-electron chi connectivity index (χ0n) is 10.2. The van der Waals surface area contributed by atoms with Gasteiger partial charge in [0.2, 0.25) is 5.88 Å². The molecule has 0 aromatic carbocycles. The maximum absolute atomic E-state index is 5.87. The minimum atomic E-state index is 0.213. The number of piperidine rings is 1. The molecular weight excluding hydrogens is 202 g/mol. The number of hydrogen-bond donors (Lipinski definition) is 1. The molecule has 4 heteroatoms. The highest BCUT2D eigenvalue weighted by Gasteiger charge is 2.23. The summed E-state index contributed by atoms with van der Waals surface area (Å²) in [5.74, 6) is 1.22. The van der Waals surface area contributed by atoms with Crippen molar-refractivity contribution in [3.05, 3.63) is 17.6 Å². The lowest BCUT2D eigenvalue weighted by Gasteiger charge is -2.29. The first-order valence-corrected chi connectivity index (χ1v) is 5.84. The molecule has 0 saturated carbocycles. The molecule has 1 saturated heterocycles. The second-order valence-electron chi connectivity index (χ2n) is 4.51. The smallest absolute Gasteiger partial charge is 0.232 e. The van der Waals surface area contributed by atoms with Crippen LogP contribution in [0.25, 0.3) is 0 Å². The SMILES string of the molecule is Cc1ncc(OC2CNCCC2C)nc1C. The van der Waals surface area contributed by atoms with Crippen LogP contribution in [-0.2, 0) is 0 Å². The van der Waals surface area contributed by atoms with Crippen molar-refractivity contribution in [2.24, 2.45) is 5.92 Å². The molecule has 88 valence electrons. The zero-order chi connectivity index (χ0) is 11.5. The molecule has 2 unspecified atom stereocenters. The molecule has 0 spiro atoms. The molecule has 1 aliphatic rings. The summed E-state index contributed by atoms with van der Waals surface area (Å²) >= 11 is 0. The van der Waals surface area contributed by atoms with E-state index in [0.717, 1.165) is 30.9 Å². The van der Waals surface area contributed by atoms with Crippen LogP contribution < -0.4 is 10.1 Å². The molecule has 4 nitrogen and oxygen atoms in total. The maximum Gasteiger partial charge on any atom is 0.232 e. The van der Waals surface area contributed by atoms with Gasteiger partial charge < -0.3 is 10.1 Å². The molecule has 16 heavy (non-hydrogen) atoms. The van der Waals surface area contributed by atoms with E-state index in [0.29, 0.717) is 11.8 Å². The highest BCUT2D eigenvalue weighted by molar-refractivity contribution is 5.14. The fourth-order valence-electron chi connectivity index (χ4n) is 1.85. The molecule has 2 heterocycles. The molecule has 1 fully saturated rings. The predicted octanol–water partition coefficient (Wildman–Crippen LogP) is 1.47. The molecule has 0 amide bonds. The molecular formula is C12H19N3O. The van der Waals surface area contributed by atoms with Crippen molar-refractivity contribution in [3.8, 4) is 5.88 Å². The Morgan fingerprint density at radius 3 is 2.88 bits per heavy atom. The molecule has 2 atom stereocenters. The lowest BCUT2D eigenvalue weighted by Crippen LogP contribution is -2.43.